The van der Waals surface area contributed by atoms with E-state index in [2.05, 4.69) is 10.0 Å². The topological polar surface area (TPSA) is 113 Å². The lowest BCUT2D eigenvalue weighted by Gasteiger charge is -2.18. The van der Waals surface area contributed by atoms with Crippen LogP contribution >= 0.6 is 0 Å². The molecular weight excluding hydrogens is 462 g/mol. The van der Waals surface area contributed by atoms with Gasteiger partial charge in [0, 0.05) is 19.3 Å². The van der Waals surface area contributed by atoms with Crippen LogP contribution < -0.4 is 10.0 Å². The van der Waals surface area contributed by atoms with Crippen molar-refractivity contribution in [3.63, 3.8) is 0 Å². The maximum atomic E-state index is 12.8. The van der Waals surface area contributed by atoms with Gasteiger partial charge in [-0.15, -0.1) is 0 Å². The summed E-state index contributed by atoms with van der Waals surface area (Å²) in [5.74, 6) is -0.577. The largest absolute Gasteiger partial charge is 0.325 e. The molecule has 0 aliphatic rings. The van der Waals surface area contributed by atoms with Crippen LogP contribution in [0.15, 0.2) is 94.7 Å². The summed E-state index contributed by atoms with van der Waals surface area (Å²) in [5.41, 5.74) is 1.20. The monoisotopic (exact) mass is 487 g/mol. The summed E-state index contributed by atoms with van der Waals surface area (Å²) < 4.78 is 54.0. The molecule has 0 saturated carbocycles. The molecule has 3 aromatic rings. The van der Waals surface area contributed by atoms with E-state index in [4.69, 9.17) is 0 Å². The number of anilines is 1. The Morgan fingerprint density at radius 2 is 1.36 bits per heavy atom. The molecular formula is C23H25N3O5S2. The van der Waals surface area contributed by atoms with Crippen molar-refractivity contribution in [3.8, 4) is 0 Å². The van der Waals surface area contributed by atoms with Gasteiger partial charge in [0.25, 0.3) is 0 Å². The first-order chi connectivity index (χ1) is 15.6. The van der Waals surface area contributed by atoms with Crippen LogP contribution in [0.1, 0.15) is 12.5 Å². The van der Waals surface area contributed by atoms with Crippen molar-refractivity contribution in [1.29, 1.82) is 0 Å². The normalized spacial score (nSPS) is 12.9. The molecule has 10 heteroatoms. The van der Waals surface area contributed by atoms with Crippen molar-refractivity contribution < 1.29 is 21.6 Å². The summed E-state index contributed by atoms with van der Waals surface area (Å²) in [7, 11) is -6.08. The van der Waals surface area contributed by atoms with Crippen LogP contribution in [0.2, 0.25) is 0 Å². The molecule has 1 atom stereocenters. The van der Waals surface area contributed by atoms with E-state index in [1.165, 1.54) is 54.7 Å². The quantitative estimate of drug-likeness (QED) is 0.482. The Bertz CT molecular complexity index is 1300. The number of benzene rings is 3. The molecule has 0 radical (unpaired) electrons. The van der Waals surface area contributed by atoms with Gasteiger partial charge in [0.15, 0.2) is 0 Å². The highest BCUT2D eigenvalue weighted by atomic mass is 32.2. The van der Waals surface area contributed by atoms with E-state index in [0.29, 0.717) is 5.69 Å². The lowest BCUT2D eigenvalue weighted by molar-refractivity contribution is -0.117. The summed E-state index contributed by atoms with van der Waals surface area (Å²) in [6, 6.07) is 21.6. The van der Waals surface area contributed by atoms with Gasteiger partial charge in [0.05, 0.1) is 15.8 Å². The van der Waals surface area contributed by atoms with Crippen molar-refractivity contribution in [2.45, 2.75) is 29.3 Å². The second kappa shape index (κ2) is 10.3. The van der Waals surface area contributed by atoms with E-state index in [0.717, 1.165) is 5.56 Å². The van der Waals surface area contributed by atoms with Crippen LogP contribution in [0.25, 0.3) is 0 Å². The molecule has 1 amide bonds. The zero-order valence-electron chi connectivity index (χ0n) is 18.2. The minimum Gasteiger partial charge on any atom is -0.325 e. The van der Waals surface area contributed by atoms with Crippen molar-refractivity contribution >= 4 is 31.6 Å². The van der Waals surface area contributed by atoms with Crippen molar-refractivity contribution in [1.82, 2.24) is 9.03 Å². The summed E-state index contributed by atoms with van der Waals surface area (Å²) in [5, 5.41) is 2.59. The summed E-state index contributed by atoms with van der Waals surface area (Å²) in [6.07, 6.45) is 0. The molecule has 0 bridgehead atoms. The van der Waals surface area contributed by atoms with Gasteiger partial charge in [-0.25, -0.2) is 16.8 Å². The van der Waals surface area contributed by atoms with Gasteiger partial charge in [0.1, 0.15) is 0 Å². The highest BCUT2D eigenvalue weighted by Crippen LogP contribution is 2.19. The van der Waals surface area contributed by atoms with Crippen LogP contribution in [0.3, 0.4) is 0 Å². The molecule has 174 valence electrons. The van der Waals surface area contributed by atoms with Crippen molar-refractivity contribution in [3.05, 3.63) is 90.5 Å². The lowest BCUT2D eigenvalue weighted by atomic mass is 10.2. The van der Waals surface area contributed by atoms with E-state index in [1.807, 2.05) is 30.3 Å². The summed E-state index contributed by atoms with van der Waals surface area (Å²) >= 11 is 0. The Labute approximate surface area is 194 Å². The number of hydrogen-bond donors (Lipinski definition) is 2. The average molecular weight is 488 g/mol. The number of hydrogen-bond acceptors (Lipinski definition) is 5. The first-order valence-electron chi connectivity index (χ1n) is 10.1. The van der Waals surface area contributed by atoms with E-state index in [-0.39, 0.29) is 16.3 Å². The van der Waals surface area contributed by atoms with Crippen molar-refractivity contribution in [2.24, 2.45) is 0 Å². The standard InChI is InChI=1S/C23H25N3O5S2/c1-18(25-32(28,29)21-11-7-4-8-12-21)23(27)24-20-13-15-22(16-14-20)33(30,31)26(2)17-19-9-5-3-6-10-19/h3-16,18,25H,17H2,1-2H3,(H,24,27)/t18-/m1/s1. The molecule has 0 spiro atoms. The number of amides is 1. The fraction of sp³-hybridized carbons (Fsp3) is 0.174. The second-order valence-corrected chi connectivity index (χ2v) is 11.2. The Morgan fingerprint density at radius 3 is 1.94 bits per heavy atom. The van der Waals surface area contributed by atoms with E-state index in [9.17, 15) is 21.6 Å². The smallest absolute Gasteiger partial charge is 0.243 e. The third-order valence-corrected chi connectivity index (χ3v) is 8.23. The molecule has 3 rings (SSSR count). The number of rotatable bonds is 9. The molecule has 0 fully saturated rings. The van der Waals surface area contributed by atoms with Gasteiger partial charge in [-0.3, -0.25) is 4.79 Å². The Morgan fingerprint density at radius 1 is 0.818 bits per heavy atom. The van der Waals surface area contributed by atoms with Crippen LogP contribution in [-0.2, 0) is 31.4 Å². The Balaban J connectivity index is 1.64. The number of carbonyl (C=O) groups excluding carboxylic acids is 1. The predicted molar refractivity (Wildman–Crippen MR) is 126 cm³/mol. The molecule has 33 heavy (non-hydrogen) atoms. The molecule has 0 aliphatic carbocycles. The maximum absolute atomic E-state index is 12.8. The van der Waals surface area contributed by atoms with Gasteiger partial charge < -0.3 is 5.32 Å². The number of carbonyl (C=O) groups is 1. The van der Waals surface area contributed by atoms with Gasteiger partial charge in [-0.2, -0.15) is 9.03 Å². The summed E-state index contributed by atoms with van der Waals surface area (Å²) in [6.45, 7) is 1.65. The van der Waals surface area contributed by atoms with Crippen LogP contribution in [0.5, 0.6) is 0 Å². The highest BCUT2D eigenvalue weighted by molar-refractivity contribution is 7.89. The van der Waals surface area contributed by atoms with Gasteiger partial charge in [-0.1, -0.05) is 48.5 Å². The third-order valence-electron chi connectivity index (χ3n) is 4.86. The number of nitrogens with one attached hydrogen (secondary N) is 2. The molecule has 8 nitrogen and oxygen atoms in total. The minimum absolute atomic E-state index is 0.0545. The van der Waals surface area contributed by atoms with E-state index < -0.39 is 32.0 Å². The van der Waals surface area contributed by atoms with Gasteiger partial charge >= 0.3 is 0 Å². The molecule has 0 unspecified atom stereocenters. The SMILES string of the molecule is C[C@@H](NS(=O)(=O)c1ccccc1)C(=O)Nc1ccc(S(=O)(=O)N(C)Cc2ccccc2)cc1. The molecule has 3 aromatic carbocycles. The lowest BCUT2D eigenvalue weighted by Crippen LogP contribution is -2.41. The fourth-order valence-corrected chi connectivity index (χ4v) is 5.40. The highest BCUT2D eigenvalue weighted by Gasteiger charge is 2.23. The molecule has 0 aliphatic heterocycles. The Hall–Kier alpha value is -3.05. The van der Waals surface area contributed by atoms with Crippen LogP contribution in [-0.4, -0.2) is 40.1 Å². The third kappa shape index (κ3) is 6.26. The molecule has 0 heterocycles. The molecule has 0 aromatic heterocycles. The first kappa shape index (κ1) is 24.6. The molecule has 2 N–H and O–H groups in total. The van der Waals surface area contributed by atoms with Crippen molar-refractivity contribution in [2.75, 3.05) is 12.4 Å². The fourth-order valence-electron chi connectivity index (χ4n) is 3.02. The minimum atomic E-state index is -3.85. The molecule has 0 saturated heterocycles. The van der Waals surface area contributed by atoms with Crippen LogP contribution in [0, 0.1) is 0 Å². The first-order valence-corrected chi connectivity index (χ1v) is 13.0. The van der Waals surface area contributed by atoms with E-state index in [1.54, 1.807) is 18.2 Å². The maximum Gasteiger partial charge on any atom is 0.243 e. The van der Waals surface area contributed by atoms with Crippen LogP contribution in [0.4, 0.5) is 5.69 Å². The second-order valence-electron chi connectivity index (χ2n) is 7.42. The number of sulfonamides is 2. The average Bonchev–Trinajstić information content (AvgIpc) is 2.80. The van der Waals surface area contributed by atoms with E-state index >= 15 is 0 Å². The predicted octanol–water partition coefficient (Wildman–Crippen LogP) is 2.81. The van der Waals surface area contributed by atoms with Gasteiger partial charge in [-0.05, 0) is 48.9 Å². The zero-order chi connectivity index (χ0) is 24.1. The summed E-state index contributed by atoms with van der Waals surface area (Å²) in [4.78, 5) is 12.6. The van der Waals surface area contributed by atoms with Gasteiger partial charge in [0.2, 0.25) is 26.0 Å². The zero-order valence-corrected chi connectivity index (χ0v) is 19.8. The number of nitrogens with zero attached hydrogens (tertiary/aromatic N) is 1. The Kier molecular flexibility index (Phi) is 7.65.